The Hall–Kier alpha value is -2.83. The average Bonchev–Trinajstić information content (AvgIpc) is 2.73. The molecule has 0 aliphatic carbocycles. The minimum atomic E-state index is -0.390. The van der Waals surface area contributed by atoms with Crippen molar-refractivity contribution in [2.45, 2.75) is 6.61 Å². The van der Waals surface area contributed by atoms with Crippen LogP contribution in [0.5, 0.6) is 5.75 Å². The first-order valence-electron chi connectivity index (χ1n) is 8.82. The van der Waals surface area contributed by atoms with E-state index in [1.807, 2.05) is 30.3 Å². The summed E-state index contributed by atoms with van der Waals surface area (Å²) in [5.41, 5.74) is 1.92. The van der Waals surface area contributed by atoms with E-state index < -0.39 is 0 Å². The van der Waals surface area contributed by atoms with E-state index in [1.54, 1.807) is 42.5 Å². The summed E-state index contributed by atoms with van der Waals surface area (Å²) in [6.45, 7) is 0.135. The van der Waals surface area contributed by atoms with Crippen LogP contribution in [0, 0.1) is 0 Å². The van der Waals surface area contributed by atoms with Gasteiger partial charge in [0.05, 0.1) is 17.8 Å². The number of hydrogen-bond donors (Lipinski definition) is 2. The largest absolute Gasteiger partial charge is 0.488 e. The molecule has 2 N–H and O–H groups in total. The molecule has 0 bridgehead atoms. The Labute approximate surface area is 182 Å². The van der Waals surface area contributed by atoms with Gasteiger partial charge in [-0.1, -0.05) is 48.0 Å². The Morgan fingerprint density at radius 2 is 1.62 bits per heavy atom. The molecule has 0 saturated heterocycles. The number of carbonyl (C=O) groups excluding carboxylic acids is 2. The highest BCUT2D eigenvalue weighted by Gasteiger charge is 2.14. The Morgan fingerprint density at radius 1 is 0.931 bits per heavy atom. The summed E-state index contributed by atoms with van der Waals surface area (Å²) in [7, 11) is 0. The van der Waals surface area contributed by atoms with Gasteiger partial charge in [-0.15, -0.1) is 0 Å². The van der Waals surface area contributed by atoms with Crippen LogP contribution in [-0.2, 0) is 11.4 Å². The fraction of sp³-hybridized carbons (Fsp3) is 0.0909. The Bertz CT molecular complexity index is 1010. The first-order chi connectivity index (χ1) is 14.0. The number of nitrogens with one attached hydrogen (secondary N) is 2. The minimum absolute atomic E-state index is 0.161. The Kier molecular flexibility index (Phi) is 7.27. The van der Waals surface area contributed by atoms with Gasteiger partial charge in [0.15, 0.2) is 0 Å². The minimum Gasteiger partial charge on any atom is -0.488 e. The standard InChI is InChI=1S/C22H18BrClN2O3/c23-18-6-2-3-7-19(18)26-21(27)13-25-22(28)17-5-1-4-8-20(17)29-14-15-9-11-16(24)12-10-15/h1-12H,13-14H2,(H,25,28)(H,26,27). The second kappa shape index (κ2) is 10.1. The van der Waals surface area contributed by atoms with Crippen LogP contribution < -0.4 is 15.4 Å². The van der Waals surface area contributed by atoms with Crippen molar-refractivity contribution in [1.29, 1.82) is 0 Å². The average molecular weight is 474 g/mol. The predicted molar refractivity (Wildman–Crippen MR) is 117 cm³/mol. The van der Waals surface area contributed by atoms with Crippen LogP contribution in [0.4, 0.5) is 5.69 Å². The molecule has 0 spiro atoms. The van der Waals surface area contributed by atoms with Crippen molar-refractivity contribution in [3.8, 4) is 5.75 Å². The summed E-state index contributed by atoms with van der Waals surface area (Å²) in [5.74, 6) is -0.282. The van der Waals surface area contributed by atoms with Crippen LogP contribution in [0.15, 0.2) is 77.3 Å². The molecule has 29 heavy (non-hydrogen) atoms. The van der Waals surface area contributed by atoms with Crippen LogP contribution in [-0.4, -0.2) is 18.4 Å². The van der Waals surface area contributed by atoms with Gasteiger partial charge in [-0.25, -0.2) is 0 Å². The highest BCUT2D eigenvalue weighted by atomic mass is 79.9. The lowest BCUT2D eigenvalue weighted by molar-refractivity contribution is -0.115. The Morgan fingerprint density at radius 3 is 2.38 bits per heavy atom. The molecule has 3 rings (SSSR count). The number of rotatable bonds is 7. The van der Waals surface area contributed by atoms with Crippen molar-refractivity contribution in [3.05, 3.63) is 93.4 Å². The van der Waals surface area contributed by atoms with Crippen molar-refractivity contribution >= 4 is 45.0 Å². The van der Waals surface area contributed by atoms with E-state index in [0.29, 0.717) is 28.6 Å². The molecule has 3 aromatic rings. The summed E-state index contributed by atoms with van der Waals surface area (Å²) in [6.07, 6.45) is 0. The molecule has 148 valence electrons. The molecular formula is C22H18BrClN2O3. The van der Waals surface area contributed by atoms with Gasteiger partial charge in [-0.3, -0.25) is 9.59 Å². The van der Waals surface area contributed by atoms with Crippen LogP contribution >= 0.6 is 27.5 Å². The van der Waals surface area contributed by atoms with Crippen LogP contribution in [0.3, 0.4) is 0 Å². The lowest BCUT2D eigenvalue weighted by Crippen LogP contribution is -2.33. The van der Waals surface area contributed by atoms with Crippen molar-refractivity contribution in [3.63, 3.8) is 0 Å². The maximum Gasteiger partial charge on any atom is 0.255 e. The van der Waals surface area contributed by atoms with E-state index >= 15 is 0 Å². The summed E-state index contributed by atoms with van der Waals surface area (Å²) >= 11 is 9.25. The molecular weight excluding hydrogens is 456 g/mol. The second-order valence-corrected chi connectivity index (χ2v) is 7.41. The van der Waals surface area contributed by atoms with E-state index in [0.717, 1.165) is 10.0 Å². The number of para-hydroxylation sites is 2. The smallest absolute Gasteiger partial charge is 0.255 e. The monoisotopic (exact) mass is 472 g/mol. The third-order valence-electron chi connectivity index (χ3n) is 4.00. The fourth-order valence-electron chi connectivity index (χ4n) is 2.53. The Balaban J connectivity index is 1.58. The lowest BCUT2D eigenvalue weighted by atomic mass is 10.2. The van der Waals surface area contributed by atoms with E-state index in [1.165, 1.54) is 0 Å². The zero-order chi connectivity index (χ0) is 20.6. The van der Waals surface area contributed by atoms with Crippen molar-refractivity contribution in [2.75, 3.05) is 11.9 Å². The number of anilines is 1. The topological polar surface area (TPSA) is 67.4 Å². The molecule has 0 atom stereocenters. The molecule has 0 radical (unpaired) electrons. The van der Waals surface area contributed by atoms with Gasteiger partial charge in [0.25, 0.3) is 5.91 Å². The van der Waals surface area contributed by atoms with Gasteiger partial charge >= 0.3 is 0 Å². The molecule has 0 aliphatic heterocycles. The molecule has 0 aromatic heterocycles. The summed E-state index contributed by atoms with van der Waals surface area (Å²) in [5, 5.41) is 6.01. The van der Waals surface area contributed by atoms with Gasteiger partial charge < -0.3 is 15.4 Å². The molecule has 0 heterocycles. The fourth-order valence-corrected chi connectivity index (χ4v) is 3.04. The normalized spacial score (nSPS) is 10.3. The molecule has 3 aromatic carbocycles. The van der Waals surface area contributed by atoms with E-state index in [2.05, 4.69) is 26.6 Å². The lowest BCUT2D eigenvalue weighted by Gasteiger charge is -2.12. The predicted octanol–water partition coefficient (Wildman–Crippen LogP) is 5.05. The van der Waals surface area contributed by atoms with E-state index in [-0.39, 0.29) is 18.4 Å². The highest BCUT2D eigenvalue weighted by Crippen LogP contribution is 2.21. The number of ether oxygens (including phenoxy) is 1. The molecule has 0 unspecified atom stereocenters. The zero-order valence-corrected chi connectivity index (χ0v) is 17.7. The van der Waals surface area contributed by atoms with Gasteiger partial charge in [0.2, 0.25) is 5.91 Å². The first-order valence-corrected chi connectivity index (χ1v) is 9.99. The van der Waals surface area contributed by atoms with Crippen molar-refractivity contribution in [2.24, 2.45) is 0 Å². The third-order valence-corrected chi connectivity index (χ3v) is 4.94. The number of benzene rings is 3. The highest BCUT2D eigenvalue weighted by molar-refractivity contribution is 9.10. The second-order valence-electron chi connectivity index (χ2n) is 6.12. The number of halogens is 2. The van der Waals surface area contributed by atoms with Gasteiger partial charge in [0.1, 0.15) is 12.4 Å². The van der Waals surface area contributed by atoms with Crippen LogP contribution in [0.25, 0.3) is 0 Å². The summed E-state index contributed by atoms with van der Waals surface area (Å²) < 4.78 is 6.56. The zero-order valence-electron chi connectivity index (χ0n) is 15.3. The first kappa shape index (κ1) is 20.9. The van der Waals surface area contributed by atoms with Crippen molar-refractivity contribution < 1.29 is 14.3 Å². The third kappa shape index (κ3) is 6.07. The molecule has 0 saturated carbocycles. The van der Waals surface area contributed by atoms with Gasteiger partial charge in [-0.2, -0.15) is 0 Å². The number of carbonyl (C=O) groups is 2. The van der Waals surface area contributed by atoms with Crippen LogP contribution in [0.2, 0.25) is 5.02 Å². The molecule has 0 aliphatic rings. The number of hydrogen-bond acceptors (Lipinski definition) is 3. The van der Waals surface area contributed by atoms with Crippen molar-refractivity contribution in [1.82, 2.24) is 5.32 Å². The van der Waals surface area contributed by atoms with Gasteiger partial charge in [-0.05, 0) is 57.9 Å². The van der Waals surface area contributed by atoms with E-state index in [9.17, 15) is 9.59 Å². The summed E-state index contributed by atoms with van der Waals surface area (Å²) in [4.78, 5) is 24.7. The van der Waals surface area contributed by atoms with Gasteiger partial charge in [0, 0.05) is 9.50 Å². The molecule has 7 heteroatoms. The summed E-state index contributed by atoms with van der Waals surface area (Å²) in [6, 6.07) is 21.4. The number of amides is 2. The maximum absolute atomic E-state index is 12.5. The molecule has 5 nitrogen and oxygen atoms in total. The quantitative estimate of drug-likeness (QED) is 0.505. The SMILES string of the molecule is O=C(CNC(=O)c1ccccc1OCc1ccc(Cl)cc1)Nc1ccccc1Br. The van der Waals surface area contributed by atoms with Crippen LogP contribution in [0.1, 0.15) is 15.9 Å². The maximum atomic E-state index is 12.5. The molecule has 2 amide bonds. The van der Waals surface area contributed by atoms with E-state index in [4.69, 9.17) is 16.3 Å². The molecule has 0 fully saturated rings.